The monoisotopic (exact) mass is 495 g/mol. The molecule has 1 saturated heterocycles. The number of carbonyl (C=O) groups excluding carboxylic acids is 2. The topological polar surface area (TPSA) is 107 Å². The number of esters is 1. The van der Waals surface area contributed by atoms with Gasteiger partial charge < -0.3 is 15.6 Å². The summed E-state index contributed by atoms with van der Waals surface area (Å²) in [4.78, 5) is 34.9. The Kier molecular flexibility index (Phi) is 17.6. The van der Waals surface area contributed by atoms with Gasteiger partial charge in [-0.15, -0.1) is 0 Å². The van der Waals surface area contributed by atoms with Crippen LogP contribution in [-0.2, 0) is 19.1 Å². The molecule has 0 spiro atoms. The number of rotatable bonds is 24. The predicted octanol–water partition coefficient (Wildman–Crippen LogP) is 7.17. The molecule has 35 heavy (non-hydrogen) atoms. The molecule has 6 nitrogen and oxygen atoms in total. The van der Waals surface area contributed by atoms with E-state index in [2.05, 4.69) is 6.92 Å². The van der Waals surface area contributed by atoms with E-state index in [4.69, 9.17) is 10.5 Å². The Hall–Kier alpha value is -1.59. The quantitative estimate of drug-likeness (QED) is 0.109. The minimum Gasteiger partial charge on any atom is -0.481 e. The fourth-order valence-corrected chi connectivity index (χ4v) is 5.46. The van der Waals surface area contributed by atoms with Gasteiger partial charge in [0.05, 0.1) is 11.8 Å². The van der Waals surface area contributed by atoms with E-state index in [9.17, 15) is 19.5 Å². The van der Waals surface area contributed by atoms with E-state index in [1.54, 1.807) is 0 Å². The van der Waals surface area contributed by atoms with Gasteiger partial charge in [0.15, 0.2) is 0 Å². The van der Waals surface area contributed by atoms with Crippen LogP contribution in [0, 0.1) is 17.8 Å². The number of unbranched alkanes of at least 4 members (excludes halogenated alkanes) is 14. The number of amides is 1. The molecule has 1 rings (SSSR count). The zero-order valence-corrected chi connectivity index (χ0v) is 22.6. The van der Waals surface area contributed by atoms with E-state index in [-0.39, 0.29) is 36.8 Å². The Labute approximate surface area is 214 Å². The van der Waals surface area contributed by atoms with Gasteiger partial charge in [-0.25, -0.2) is 0 Å². The average molecular weight is 496 g/mol. The first-order valence-electron chi connectivity index (χ1n) is 14.6. The van der Waals surface area contributed by atoms with Gasteiger partial charge in [0, 0.05) is 6.42 Å². The lowest BCUT2D eigenvalue weighted by molar-refractivity contribution is -0.187. The fourth-order valence-electron chi connectivity index (χ4n) is 5.46. The number of nitrogens with two attached hydrogens (primary N) is 1. The first-order chi connectivity index (χ1) is 16.9. The third-order valence-electron chi connectivity index (χ3n) is 7.76. The number of carboxylic acid groups (broad SMARTS) is 1. The Bertz CT molecular complexity index is 594. The largest absolute Gasteiger partial charge is 0.481 e. The lowest BCUT2D eigenvalue weighted by Gasteiger charge is -2.38. The van der Waals surface area contributed by atoms with Crippen LogP contribution in [0.2, 0.25) is 0 Å². The molecule has 0 aromatic carbocycles. The molecular weight excluding hydrogens is 442 g/mol. The Morgan fingerprint density at radius 2 is 1.31 bits per heavy atom. The molecule has 0 radical (unpaired) electrons. The fraction of sp³-hybridized carbons (Fsp3) is 0.897. The van der Waals surface area contributed by atoms with Crippen molar-refractivity contribution in [3.05, 3.63) is 0 Å². The number of cyclic esters (lactones) is 1. The lowest BCUT2D eigenvalue weighted by atomic mass is 9.77. The van der Waals surface area contributed by atoms with E-state index < -0.39 is 17.8 Å². The van der Waals surface area contributed by atoms with Crippen LogP contribution in [0.4, 0.5) is 0 Å². The second-order valence-electron chi connectivity index (χ2n) is 10.7. The molecule has 3 N–H and O–H groups in total. The van der Waals surface area contributed by atoms with E-state index >= 15 is 0 Å². The van der Waals surface area contributed by atoms with Crippen LogP contribution in [0.15, 0.2) is 0 Å². The second-order valence-corrected chi connectivity index (χ2v) is 10.7. The Balaban J connectivity index is 2.24. The third kappa shape index (κ3) is 13.9. The summed E-state index contributed by atoms with van der Waals surface area (Å²) in [6.07, 6.45) is 21.7. The van der Waals surface area contributed by atoms with Gasteiger partial charge in [0.2, 0.25) is 5.91 Å². The number of hydrogen-bond acceptors (Lipinski definition) is 4. The molecule has 1 heterocycles. The molecule has 4 atom stereocenters. The summed E-state index contributed by atoms with van der Waals surface area (Å²) < 4.78 is 5.33. The maximum absolute atomic E-state index is 12.0. The standard InChI is InChI=1S/C29H53NO5/c1-3-5-6-7-8-9-10-11-12-13-14-15-16-17-18-19-23(22-26-24(4-2)29(34)35-26)25(28(32)33)20-21-27(30)31/h23-26H,3-22H2,1-2H3,(H2,30,31)(H,32,33)/t23?,24-,25?,26-/m0/s1. The van der Waals surface area contributed by atoms with E-state index in [1.165, 1.54) is 83.5 Å². The molecular formula is C29H53NO5. The number of primary amides is 1. The van der Waals surface area contributed by atoms with Crippen LogP contribution in [0.25, 0.3) is 0 Å². The van der Waals surface area contributed by atoms with Crippen molar-refractivity contribution in [1.82, 2.24) is 0 Å². The van der Waals surface area contributed by atoms with Crippen LogP contribution >= 0.6 is 0 Å². The molecule has 2 unspecified atom stereocenters. The molecule has 0 aromatic rings. The van der Waals surface area contributed by atoms with Crippen LogP contribution in [0.5, 0.6) is 0 Å². The number of ether oxygens (including phenoxy) is 1. The summed E-state index contributed by atoms with van der Waals surface area (Å²) in [5, 5.41) is 9.80. The van der Waals surface area contributed by atoms with Crippen LogP contribution in [-0.4, -0.2) is 29.1 Å². The molecule has 0 aliphatic carbocycles. The van der Waals surface area contributed by atoms with Gasteiger partial charge in [-0.1, -0.05) is 110 Å². The first kappa shape index (κ1) is 31.4. The van der Waals surface area contributed by atoms with Crippen molar-refractivity contribution in [2.75, 3.05) is 0 Å². The summed E-state index contributed by atoms with van der Waals surface area (Å²) >= 11 is 0. The summed E-state index contributed by atoms with van der Waals surface area (Å²) in [6.45, 7) is 4.22. The van der Waals surface area contributed by atoms with Gasteiger partial charge >= 0.3 is 11.9 Å². The van der Waals surface area contributed by atoms with Gasteiger partial charge in [-0.3, -0.25) is 14.4 Å². The molecule has 204 valence electrons. The van der Waals surface area contributed by atoms with Gasteiger partial charge in [-0.2, -0.15) is 0 Å². The van der Waals surface area contributed by atoms with Crippen molar-refractivity contribution in [3.63, 3.8) is 0 Å². The second kappa shape index (κ2) is 19.6. The van der Waals surface area contributed by atoms with Crippen LogP contribution in [0.1, 0.15) is 142 Å². The van der Waals surface area contributed by atoms with Crippen LogP contribution < -0.4 is 5.73 Å². The van der Waals surface area contributed by atoms with Crippen molar-refractivity contribution in [3.8, 4) is 0 Å². The number of carbonyl (C=O) groups is 3. The predicted molar refractivity (Wildman–Crippen MR) is 141 cm³/mol. The highest BCUT2D eigenvalue weighted by Crippen LogP contribution is 2.36. The van der Waals surface area contributed by atoms with E-state index in [0.29, 0.717) is 12.8 Å². The molecule has 1 fully saturated rings. The minimum atomic E-state index is -0.879. The van der Waals surface area contributed by atoms with Crippen LogP contribution in [0.3, 0.4) is 0 Å². The zero-order valence-electron chi connectivity index (χ0n) is 22.6. The van der Waals surface area contributed by atoms with Crippen molar-refractivity contribution in [2.24, 2.45) is 23.5 Å². The molecule has 1 aliphatic rings. The average Bonchev–Trinajstić information content (AvgIpc) is 2.80. The molecule has 0 bridgehead atoms. The smallest absolute Gasteiger partial charge is 0.312 e. The van der Waals surface area contributed by atoms with Crippen molar-refractivity contribution < 1.29 is 24.2 Å². The molecule has 0 aromatic heterocycles. The van der Waals surface area contributed by atoms with E-state index in [1.807, 2.05) is 6.92 Å². The SMILES string of the molecule is CCCCCCCCCCCCCCCCCC(C[C@@H]1OC(=O)[C@H]1CC)C(CCC(N)=O)C(=O)O. The third-order valence-corrected chi connectivity index (χ3v) is 7.76. The molecule has 0 saturated carbocycles. The summed E-state index contributed by atoms with van der Waals surface area (Å²) in [5.74, 6) is -2.36. The maximum atomic E-state index is 12.0. The lowest BCUT2D eigenvalue weighted by Crippen LogP contribution is -2.46. The van der Waals surface area contributed by atoms with Crippen molar-refractivity contribution in [2.45, 2.75) is 148 Å². The Morgan fingerprint density at radius 1 is 0.829 bits per heavy atom. The highest BCUT2D eigenvalue weighted by molar-refractivity contribution is 5.78. The maximum Gasteiger partial charge on any atom is 0.312 e. The van der Waals surface area contributed by atoms with Gasteiger partial charge in [-0.05, 0) is 31.6 Å². The molecule has 1 aliphatic heterocycles. The summed E-state index contributed by atoms with van der Waals surface area (Å²) in [5.41, 5.74) is 5.28. The highest BCUT2D eigenvalue weighted by atomic mass is 16.6. The molecule has 1 amide bonds. The zero-order chi connectivity index (χ0) is 25.9. The number of aliphatic carboxylic acids is 1. The first-order valence-corrected chi connectivity index (χ1v) is 14.6. The minimum absolute atomic E-state index is 0.0774. The van der Waals surface area contributed by atoms with Crippen molar-refractivity contribution in [1.29, 1.82) is 0 Å². The Morgan fingerprint density at radius 3 is 1.71 bits per heavy atom. The van der Waals surface area contributed by atoms with Crippen molar-refractivity contribution >= 4 is 17.8 Å². The highest BCUT2D eigenvalue weighted by Gasteiger charge is 2.43. The van der Waals surface area contributed by atoms with Gasteiger partial charge in [0.25, 0.3) is 0 Å². The summed E-state index contributed by atoms with van der Waals surface area (Å²) in [6, 6.07) is 0. The van der Waals surface area contributed by atoms with Gasteiger partial charge in [0.1, 0.15) is 6.10 Å². The summed E-state index contributed by atoms with van der Waals surface area (Å²) in [7, 11) is 0. The molecule has 6 heteroatoms. The number of hydrogen-bond donors (Lipinski definition) is 2. The number of carboxylic acids is 1. The normalized spacial score (nSPS) is 19.1. The van der Waals surface area contributed by atoms with E-state index in [0.717, 1.165) is 19.3 Å².